The monoisotopic (exact) mass is 305 g/mol. The molecule has 0 saturated carbocycles. The van der Waals surface area contributed by atoms with Gasteiger partial charge in [-0.05, 0) is 36.8 Å². The van der Waals surface area contributed by atoms with Crippen LogP contribution in [-0.2, 0) is 0 Å². The standard InChI is InChI=1S/C16H10ClF2NO/c1-8-13(17)4-3-10-12(7-21)16(20-15(8)10)11-6-9(18)2-5-14(11)19/h2-7,20H,1H3. The van der Waals surface area contributed by atoms with Gasteiger partial charge in [0.25, 0.3) is 0 Å². The molecule has 2 aromatic carbocycles. The van der Waals surface area contributed by atoms with E-state index in [9.17, 15) is 13.6 Å². The van der Waals surface area contributed by atoms with Crippen LogP contribution in [0, 0.1) is 18.6 Å². The number of fused-ring (bicyclic) bond motifs is 1. The fraction of sp³-hybridized carbons (Fsp3) is 0.0625. The molecule has 0 amide bonds. The highest BCUT2D eigenvalue weighted by Crippen LogP contribution is 2.34. The summed E-state index contributed by atoms with van der Waals surface area (Å²) in [6, 6.07) is 6.48. The Bertz CT molecular complexity index is 870. The van der Waals surface area contributed by atoms with Gasteiger partial charge in [0.15, 0.2) is 6.29 Å². The predicted molar refractivity (Wildman–Crippen MR) is 78.8 cm³/mol. The average Bonchev–Trinajstić information content (AvgIpc) is 2.84. The highest BCUT2D eigenvalue weighted by atomic mass is 35.5. The van der Waals surface area contributed by atoms with Crippen LogP contribution >= 0.6 is 11.6 Å². The Labute approximate surface area is 124 Å². The number of benzene rings is 2. The number of hydrogen-bond acceptors (Lipinski definition) is 1. The van der Waals surface area contributed by atoms with Crippen molar-refractivity contribution < 1.29 is 13.6 Å². The second kappa shape index (κ2) is 4.97. The molecular formula is C16H10ClF2NO. The van der Waals surface area contributed by atoms with Crippen LogP contribution in [0.15, 0.2) is 30.3 Å². The summed E-state index contributed by atoms with van der Waals surface area (Å²) >= 11 is 6.05. The average molecular weight is 306 g/mol. The lowest BCUT2D eigenvalue weighted by Gasteiger charge is -2.02. The molecule has 1 N–H and O–H groups in total. The molecule has 0 aliphatic heterocycles. The van der Waals surface area contributed by atoms with Crippen molar-refractivity contribution in [1.82, 2.24) is 4.98 Å². The Morgan fingerprint density at radius 1 is 1.19 bits per heavy atom. The van der Waals surface area contributed by atoms with Crippen LogP contribution in [0.4, 0.5) is 8.78 Å². The Hall–Kier alpha value is -2.20. The van der Waals surface area contributed by atoms with Gasteiger partial charge in [0, 0.05) is 21.5 Å². The van der Waals surface area contributed by atoms with Gasteiger partial charge in [-0.15, -0.1) is 0 Å². The third-order valence-corrected chi connectivity index (χ3v) is 3.93. The van der Waals surface area contributed by atoms with Gasteiger partial charge in [-0.25, -0.2) is 8.78 Å². The lowest BCUT2D eigenvalue weighted by Crippen LogP contribution is -1.90. The molecule has 1 aromatic heterocycles. The molecule has 2 nitrogen and oxygen atoms in total. The number of aldehydes is 1. The first-order chi connectivity index (χ1) is 10.0. The van der Waals surface area contributed by atoms with Gasteiger partial charge < -0.3 is 4.98 Å². The van der Waals surface area contributed by atoms with Crippen molar-refractivity contribution in [3.05, 3.63) is 58.1 Å². The maximum Gasteiger partial charge on any atom is 0.152 e. The van der Waals surface area contributed by atoms with E-state index in [1.165, 1.54) is 0 Å². The van der Waals surface area contributed by atoms with Crippen molar-refractivity contribution in [3.63, 3.8) is 0 Å². The van der Waals surface area contributed by atoms with Crippen molar-refractivity contribution >= 4 is 28.8 Å². The predicted octanol–water partition coefficient (Wildman–Crippen LogP) is 4.89. The summed E-state index contributed by atoms with van der Waals surface area (Å²) in [7, 11) is 0. The van der Waals surface area contributed by atoms with Crippen LogP contribution < -0.4 is 0 Å². The van der Waals surface area contributed by atoms with Crippen LogP contribution in [-0.4, -0.2) is 11.3 Å². The topological polar surface area (TPSA) is 32.9 Å². The second-order valence-electron chi connectivity index (χ2n) is 4.75. The van der Waals surface area contributed by atoms with E-state index < -0.39 is 11.6 Å². The molecule has 0 bridgehead atoms. The van der Waals surface area contributed by atoms with Gasteiger partial charge in [-0.2, -0.15) is 0 Å². The summed E-state index contributed by atoms with van der Waals surface area (Å²) in [5.41, 5.74) is 1.95. The summed E-state index contributed by atoms with van der Waals surface area (Å²) in [4.78, 5) is 14.4. The van der Waals surface area contributed by atoms with E-state index in [1.807, 2.05) is 0 Å². The Balaban J connectivity index is 2.40. The summed E-state index contributed by atoms with van der Waals surface area (Å²) in [5.74, 6) is -1.17. The molecule has 5 heteroatoms. The summed E-state index contributed by atoms with van der Waals surface area (Å²) < 4.78 is 27.3. The zero-order valence-corrected chi connectivity index (χ0v) is 11.8. The lowest BCUT2D eigenvalue weighted by molar-refractivity contribution is 0.112. The maximum absolute atomic E-state index is 14.0. The summed E-state index contributed by atoms with van der Waals surface area (Å²) in [6.45, 7) is 1.79. The van der Waals surface area contributed by atoms with E-state index in [4.69, 9.17) is 11.6 Å². The molecule has 3 rings (SSSR count). The summed E-state index contributed by atoms with van der Waals surface area (Å²) in [5, 5.41) is 1.16. The molecule has 0 atom stereocenters. The minimum Gasteiger partial charge on any atom is -0.354 e. The van der Waals surface area contributed by atoms with Crippen molar-refractivity contribution in [2.45, 2.75) is 6.92 Å². The molecule has 0 spiro atoms. The number of aryl methyl sites for hydroxylation is 1. The first-order valence-corrected chi connectivity index (χ1v) is 6.62. The second-order valence-corrected chi connectivity index (χ2v) is 5.16. The number of hydrogen-bond donors (Lipinski definition) is 1. The van der Waals surface area contributed by atoms with E-state index in [1.54, 1.807) is 19.1 Å². The van der Waals surface area contributed by atoms with Gasteiger partial charge in [0.1, 0.15) is 11.6 Å². The smallest absolute Gasteiger partial charge is 0.152 e. The molecule has 0 unspecified atom stereocenters. The third kappa shape index (κ3) is 2.12. The van der Waals surface area contributed by atoms with Gasteiger partial charge in [0.2, 0.25) is 0 Å². The molecule has 21 heavy (non-hydrogen) atoms. The van der Waals surface area contributed by atoms with Crippen molar-refractivity contribution in [2.75, 3.05) is 0 Å². The molecule has 0 fully saturated rings. The Morgan fingerprint density at radius 2 is 1.95 bits per heavy atom. The molecule has 0 aliphatic rings. The van der Waals surface area contributed by atoms with E-state index in [-0.39, 0.29) is 16.8 Å². The zero-order valence-electron chi connectivity index (χ0n) is 11.0. The third-order valence-electron chi connectivity index (χ3n) is 3.52. The maximum atomic E-state index is 14.0. The van der Waals surface area contributed by atoms with E-state index in [0.29, 0.717) is 22.2 Å². The zero-order chi connectivity index (χ0) is 15.1. The molecule has 106 valence electrons. The number of halogens is 3. The lowest BCUT2D eigenvalue weighted by atomic mass is 10.0. The number of rotatable bonds is 2. The molecule has 0 aliphatic carbocycles. The number of aromatic nitrogens is 1. The van der Waals surface area contributed by atoms with Gasteiger partial charge in [-0.3, -0.25) is 4.79 Å². The van der Waals surface area contributed by atoms with Crippen molar-refractivity contribution in [3.8, 4) is 11.3 Å². The highest BCUT2D eigenvalue weighted by molar-refractivity contribution is 6.32. The quantitative estimate of drug-likeness (QED) is 0.672. The fourth-order valence-electron chi connectivity index (χ4n) is 2.42. The molecule has 0 radical (unpaired) electrons. The normalized spacial score (nSPS) is 11.0. The number of carbonyl (C=O) groups excluding carboxylic acids is 1. The van der Waals surface area contributed by atoms with Crippen molar-refractivity contribution in [1.29, 1.82) is 0 Å². The Kier molecular flexibility index (Phi) is 3.26. The minimum absolute atomic E-state index is 0.0174. The Morgan fingerprint density at radius 3 is 2.67 bits per heavy atom. The van der Waals surface area contributed by atoms with E-state index in [0.717, 1.165) is 23.8 Å². The SMILES string of the molecule is Cc1c(Cl)ccc2c(C=O)c(-c3cc(F)ccc3F)[nH]c12. The van der Waals surface area contributed by atoms with E-state index >= 15 is 0 Å². The fourth-order valence-corrected chi connectivity index (χ4v) is 2.58. The number of nitrogens with one attached hydrogen (secondary N) is 1. The van der Waals surface area contributed by atoms with Crippen molar-refractivity contribution in [2.24, 2.45) is 0 Å². The largest absolute Gasteiger partial charge is 0.354 e. The minimum atomic E-state index is -0.602. The van der Waals surface area contributed by atoms with E-state index in [2.05, 4.69) is 4.98 Å². The summed E-state index contributed by atoms with van der Waals surface area (Å²) in [6.07, 6.45) is 0.631. The molecule has 3 aromatic rings. The molecule has 1 heterocycles. The first kappa shape index (κ1) is 13.8. The van der Waals surface area contributed by atoms with Gasteiger partial charge in [0.05, 0.1) is 11.2 Å². The van der Waals surface area contributed by atoms with Gasteiger partial charge in [-0.1, -0.05) is 17.7 Å². The molecule has 0 saturated heterocycles. The van der Waals surface area contributed by atoms with Crippen LogP contribution in [0.2, 0.25) is 5.02 Å². The van der Waals surface area contributed by atoms with Crippen LogP contribution in [0.3, 0.4) is 0 Å². The van der Waals surface area contributed by atoms with Crippen LogP contribution in [0.1, 0.15) is 15.9 Å². The first-order valence-electron chi connectivity index (χ1n) is 6.24. The van der Waals surface area contributed by atoms with Gasteiger partial charge >= 0.3 is 0 Å². The number of carbonyl (C=O) groups is 1. The number of H-pyrrole nitrogens is 1. The van der Waals surface area contributed by atoms with Crippen LogP contribution in [0.5, 0.6) is 0 Å². The number of aromatic amines is 1. The van der Waals surface area contributed by atoms with Crippen LogP contribution in [0.25, 0.3) is 22.2 Å². The molecular weight excluding hydrogens is 296 g/mol. The highest BCUT2D eigenvalue weighted by Gasteiger charge is 2.18.